The minimum atomic E-state index is -0.112. The van der Waals surface area contributed by atoms with E-state index in [1.807, 2.05) is 12.1 Å². The molecular weight excluding hydrogens is 350 g/mol. The number of amides is 1. The summed E-state index contributed by atoms with van der Waals surface area (Å²) in [6.07, 6.45) is 4.58. The van der Waals surface area contributed by atoms with Gasteiger partial charge in [-0.1, -0.05) is 35.4 Å². The number of ether oxygens (including phenoxy) is 1. The van der Waals surface area contributed by atoms with E-state index in [9.17, 15) is 4.79 Å². The Balaban J connectivity index is 1.29. The van der Waals surface area contributed by atoms with E-state index in [2.05, 4.69) is 47.2 Å². The number of likely N-dealkylation sites (tertiary alicyclic amines) is 1. The van der Waals surface area contributed by atoms with Gasteiger partial charge in [-0.15, -0.1) is 0 Å². The topological polar surface area (TPSA) is 54.5 Å². The number of hydrogen-bond acceptors (Lipinski definition) is 4. The zero-order valence-corrected chi connectivity index (χ0v) is 16.8. The lowest BCUT2D eigenvalue weighted by Crippen LogP contribution is -2.44. The van der Waals surface area contributed by atoms with Gasteiger partial charge in [0.15, 0.2) is 0 Å². The molecule has 0 saturated carbocycles. The number of aromatic nitrogens is 1. The molecule has 5 nitrogen and oxygen atoms in total. The quantitative estimate of drug-likeness (QED) is 0.886. The fourth-order valence-corrected chi connectivity index (χ4v) is 4.58. The van der Waals surface area contributed by atoms with Crippen LogP contribution in [0, 0.1) is 13.8 Å². The molecule has 1 N–H and O–H groups in total. The van der Waals surface area contributed by atoms with E-state index in [0.29, 0.717) is 12.3 Å². The third-order valence-electron chi connectivity index (χ3n) is 5.90. The lowest BCUT2D eigenvalue weighted by Gasteiger charge is -2.38. The fraction of sp³-hybridized carbons (Fsp3) is 0.478. The smallest absolute Gasteiger partial charge is 0.270 e. The Kier molecular flexibility index (Phi) is 5.47. The highest BCUT2D eigenvalue weighted by Crippen LogP contribution is 2.36. The summed E-state index contributed by atoms with van der Waals surface area (Å²) < 4.78 is 6.21. The number of carbonyl (C=O) groups excluding carboxylic acids is 1. The molecule has 2 saturated heterocycles. The summed E-state index contributed by atoms with van der Waals surface area (Å²) in [6, 6.07) is 12.3. The molecule has 1 atom stereocenters. The molecule has 0 aliphatic carbocycles. The monoisotopic (exact) mass is 379 g/mol. The molecule has 2 aliphatic rings. The second-order valence-electron chi connectivity index (χ2n) is 8.36. The molecule has 1 spiro atoms. The summed E-state index contributed by atoms with van der Waals surface area (Å²) in [5.74, 6) is -0.112. The van der Waals surface area contributed by atoms with E-state index in [4.69, 9.17) is 4.74 Å². The standard InChI is InChI=1S/C23H29N3O2/c1-17-11-18(2)13-19(12-17)15-26-9-6-23(7-10-26)14-20(16-28-23)25-22(27)21-5-3-4-8-24-21/h3-5,8,11-13,20H,6-7,9-10,14-16H2,1-2H3,(H,25,27)/t20-/m1/s1. The lowest BCUT2D eigenvalue weighted by molar-refractivity contribution is -0.0449. The van der Waals surface area contributed by atoms with Gasteiger partial charge in [0.05, 0.1) is 18.2 Å². The van der Waals surface area contributed by atoms with Crippen LogP contribution in [0.2, 0.25) is 0 Å². The number of pyridine rings is 1. The highest BCUT2D eigenvalue weighted by Gasteiger charge is 2.43. The average Bonchev–Trinajstić information content (AvgIpc) is 3.06. The minimum Gasteiger partial charge on any atom is -0.373 e. The first-order chi connectivity index (χ1) is 13.5. The van der Waals surface area contributed by atoms with Crippen LogP contribution in [-0.2, 0) is 11.3 Å². The molecule has 0 bridgehead atoms. The predicted molar refractivity (Wildman–Crippen MR) is 109 cm³/mol. The van der Waals surface area contributed by atoms with Crippen LogP contribution < -0.4 is 5.32 Å². The first kappa shape index (κ1) is 19.1. The molecule has 2 fully saturated rings. The van der Waals surface area contributed by atoms with Gasteiger partial charge < -0.3 is 10.1 Å². The Bertz CT molecular complexity index is 809. The maximum Gasteiger partial charge on any atom is 0.270 e. The van der Waals surface area contributed by atoms with Crippen molar-refractivity contribution in [2.75, 3.05) is 19.7 Å². The van der Waals surface area contributed by atoms with Gasteiger partial charge in [0, 0.05) is 25.8 Å². The van der Waals surface area contributed by atoms with Crippen LogP contribution in [0.1, 0.15) is 46.4 Å². The van der Waals surface area contributed by atoms with Crippen molar-refractivity contribution in [1.29, 1.82) is 0 Å². The SMILES string of the molecule is Cc1cc(C)cc(CN2CCC3(CC2)C[C@@H](NC(=O)c2ccccn2)CO3)c1. The summed E-state index contributed by atoms with van der Waals surface area (Å²) in [5.41, 5.74) is 4.43. The molecule has 5 heteroatoms. The van der Waals surface area contributed by atoms with Crippen LogP contribution >= 0.6 is 0 Å². The number of nitrogens with zero attached hydrogens (tertiary/aromatic N) is 2. The van der Waals surface area contributed by atoms with Crippen LogP contribution in [0.3, 0.4) is 0 Å². The van der Waals surface area contributed by atoms with Crippen molar-refractivity contribution in [1.82, 2.24) is 15.2 Å². The molecular formula is C23H29N3O2. The Morgan fingerprint density at radius 3 is 2.64 bits per heavy atom. The van der Waals surface area contributed by atoms with Gasteiger partial charge in [0.25, 0.3) is 5.91 Å². The molecule has 1 amide bonds. The molecule has 148 valence electrons. The molecule has 2 aliphatic heterocycles. The van der Waals surface area contributed by atoms with Crippen molar-refractivity contribution < 1.29 is 9.53 Å². The Morgan fingerprint density at radius 1 is 1.21 bits per heavy atom. The molecule has 1 aromatic carbocycles. The maximum absolute atomic E-state index is 12.3. The highest BCUT2D eigenvalue weighted by atomic mass is 16.5. The van der Waals surface area contributed by atoms with Crippen LogP contribution in [0.15, 0.2) is 42.6 Å². The van der Waals surface area contributed by atoms with Gasteiger partial charge in [-0.05, 0) is 50.8 Å². The molecule has 0 radical (unpaired) electrons. The van der Waals surface area contributed by atoms with Crippen molar-refractivity contribution in [2.45, 2.75) is 51.3 Å². The number of aryl methyl sites for hydroxylation is 2. The van der Waals surface area contributed by atoms with Gasteiger partial charge in [-0.25, -0.2) is 0 Å². The number of benzene rings is 1. The average molecular weight is 380 g/mol. The largest absolute Gasteiger partial charge is 0.373 e. The number of hydrogen-bond donors (Lipinski definition) is 1. The third-order valence-corrected chi connectivity index (χ3v) is 5.90. The summed E-state index contributed by atoms with van der Waals surface area (Å²) in [4.78, 5) is 19.0. The highest BCUT2D eigenvalue weighted by molar-refractivity contribution is 5.92. The normalized spacial score (nSPS) is 21.7. The molecule has 0 unspecified atom stereocenters. The number of nitrogens with one attached hydrogen (secondary N) is 1. The van der Waals surface area contributed by atoms with Gasteiger partial charge in [-0.3, -0.25) is 14.7 Å². The van der Waals surface area contributed by atoms with E-state index in [1.54, 1.807) is 12.3 Å². The van der Waals surface area contributed by atoms with Crippen LogP contribution in [-0.4, -0.2) is 47.1 Å². The number of piperidine rings is 1. The van der Waals surface area contributed by atoms with Crippen LogP contribution in [0.25, 0.3) is 0 Å². The van der Waals surface area contributed by atoms with Gasteiger partial charge >= 0.3 is 0 Å². The zero-order chi connectivity index (χ0) is 19.6. The second kappa shape index (κ2) is 8.02. The summed E-state index contributed by atoms with van der Waals surface area (Å²) >= 11 is 0. The van der Waals surface area contributed by atoms with E-state index >= 15 is 0 Å². The molecule has 1 aromatic heterocycles. The number of rotatable bonds is 4. The molecule has 2 aromatic rings. The van der Waals surface area contributed by atoms with Crippen molar-refractivity contribution in [3.8, 4) is 0 Å². The third kappa shape index (κ3) is 4.42. The summed E-state index contributed by atoms with van der Waals surface area (Å²) in [5, 5.41) is 3.09. The second-order valence-corrected chi connectivity index (χ2v) is 8.36. The van der Waals surface area contributed by atoms with Gasteiger partial charge in [-0.2, -0.15) is 0 Å². The lowest BCUT2D eigenvalue weighted by atomic mass is 9.87. The fourth-order valence-electron chi connectivity index (χ4n) is 4.58. The van der Waals surface area contributed by atoms with Crippen molar-refractivity contribution in [3.63, 3.8) is 0 Å². The Labute approximate surface area is 167 Å². The molecule has 4 rings (SSSR count). The van der Waals surface area contributed by atoms with Crippen LogP contribution in [0.4, 0.5) is 0 Å². The van der Waals surface area contributed by atoms with Crippen molar-refractivity contribution in [3.05, 3.63) is 65.0 Å². The van der Waals surface area contributed by atoms with Gasteiger partial charge in [0.2, 0.25) is 0 Å². The van der Waals surface area contributed by atoms with Crippen molar-refractivity contribution in [2.24, 2.45) is 0 Å². The maximum atomic E-state index is 12.3. The zero-order valence-electron chi connectivity index (χ0n) is 16.8. The number of carbonyl (C=O) groups is 1. The van der Waals surface area contributed by atoms with E-state index < -0.39 is 0 Å². The first-order valence-electron chi connectivity index (χ1n) is 10.2. The molecule has 28 heavy (non-hydrogen) atoms. The summed E-state index contributed by atoms with van der Waals surface area (Å²) in [7, 11) is 0. The van der Waals surface area contributed by atoms with E-state index in [0.717, 1.165) is 38.9 Å². The first-order valence-corrected chi connectivity index (χ1v) is 10.2. The van der Waals surface area contributed by atoms with Crippen LogP contribution in [0.5, 0.6) is 0 Å². The minimum absolute atomic E-state index is 0.0699. The predicted octanol–water partition coefficient (Wildman–Crippen LogP) is 3.25. The Morgan fingerprint density at radius 2 is 1.96 bits per heavy atom. The van der Waals surface area contributed by atoms with Crippen molar-refractivity contribution >= 4 is 5.91 Å². The summed E-state index contributed by atoms with van der Waals surface area (Å²) in [6.45, 7) is 7.98. The van der Waals surface area contributed by atoms with E-state index in [1.165, 1.54) is 16.7 Å². The van der Waals surface area contributed by atoms with Gasteiger partial charge in [0.1, 0.15) is 5.69 Å². The van der Waals surface area contributed by atoms with E-state index in [-0.39, 0.29) is 17.6 Å². The molecule has 3 heterocycles. The Hall–Kier alpha value is -2.24.